The maximum Gasteiger partial charge on any atom is 0.417 e. The van der Waals surface area contributed by atoms with Crippen LogP contribution in [0, 0.1) is 0 Å². The minimum Gasteiger partial charge on any atom is -0.412 e. The molecule has 2 heterocycles. The topological polar surface area (TPSA) is 79.6 Å². The molecule has 0 spiro atoms. The second kappa shape index (κ2) is 7.24. The van der Waals surface area contributed by atoms with Gasteiger partial charge in [0.2, 0.25) is 0 Å². The van der Waals surface area contributed by atoms with Crippen molar-refractivity contribution in [2.45, 2.75) is 24.7 Å². The predicted molar refractivity (Wildman–Crippen MR) is 55.3 cm³/mol. The lowest BCUT2D eigenvalue weighted by Gasteiger charge is -2.13. The Kier molecular flexibility index (Phi) is 7.00. The minimum atomic E-state index is -4.14. The number of nitrogens with one attached hydrogen (secondary N) is 4. The largest absolute Gasteiger partial charge is 0.417 e. The van der Waals surface area contributed by atoms with E-state index in [1.165, 1.54) is 0 Å². The normalized spacial score (nSPS) is 21.8. The van der Waals surface area contributed by atoms with Crippen LogP contribution in [-0.4, -0.2) is 56.3 Å². The van der Waals surface area contributed by atoms with E-state index in [4.69, 9.17) is 0 Å². The van der Waals surface area contributed by atoms with Gasteiger partial charge >= 0.3 is 12.4 Å². The van der Waals surface area contributed by atoms with E-state index in [0.717, 1.165) is 0 Å². The average Bonchev–Trinajstić information content (AvgIpc) is 2.91. The van der Waals surface area contributed by atoms with E-state index < -0.39 is 24.7 Å². The molecule has 6 N–H and O–H groups in total. The van der Waals surface area contributed by atoms with Crippen LogP contribution < -0.4 is 21.3 Å². The Hall–Kier alpha value is -0.620. The molecule has 0 amide bonds. The number of hydrogen-bond acceptors (Lipinski definition) is 4. The molecule has 116 valence electrons. The first kappa shape index (κ1) is 18.4. The smallest absolute Gasteiger partial charge is 0.412 e. The Balaban J connectivity index is 0.000000324. The van der Waals surface area contributed by atoms with Gasteiger partial charge in [0, 0.05) is 26.2 Å². The van der Waals surface area contributed by atoms with Crippen molar-refractivity contribution in [1.29, 1.82) is 0 Å². The summed E-state index contributed by atoms with van der Waals surface area (Å²) in [6.45, 7) is 1.57. The number of rotatable bonds is 0. The summed E-state index contributed by atoms with van der Waals surface area (Å²) in [5, 5.41) is 9.04. The third-order valence-electron chi connectivity index (χ3n) is 2.30. The fourth-order valence-corrected chi connectivity index (χ4v) is 1.47. The third-order valence-corrected chi connectivity index (χ3v) is 2.30. The molecule has 19 heavy (non-hydrogen) atoms. The van der Waals surface area contributed by atoms with Gasteiger partial charge in [-0.15, -0.1) is 0 Å². The molecule has 2 saturated heterocycles. The number of halogens is 6. The summed E-state index contributed by atoms with van der Waals surface area (Å²) in [5.74, 6) is 0. The molecule has 2 rings (SSSR count). The highest BCUT2D eigenvalue weighted by molar-refractivity contribution is 4.79. The van der Waals surface area contributed by atoms with Gasteiger partial charge in [0.25, 0.3) is 0 Å². The average molecular weight is 298 g/mol. The van der Waals surface area contributed by atoms with Gasteiger partial charge in [0.1, 0.15) is 0 Å². The van der Waals surface area contributed by atoms with Crippen molar-refractivity contribution in [2.75, 3.05) is 26.2 Å². The first-order valence-corrected chi connectivity index (χ1v) is 5.28. The summed E-state index contributed by atoms with van der Waals surface area (Å²) in [7, 11) is 0. The molecule has 2 aliphatic heterocycles. The number of hydrogen-bond donors (Lipinski definition) is 4. The second-order valence-corrected chi connectivity index (χ2v) is 3.77. The van der Waals surface area contributed by atoms with E-state index in [2.05, 4.69) is 21.3 Å². The molecule has 5 nitrogen and oxygen atoms in total. The van der Waals surface area contributed by atoms with Crippen LogP contribution in [0.5, 0.6) is 0 Å². The molecule has 0 aromatic carbocycles. The maximum atomic E-state index is 11.6. The fraction of sp³-hybridized carbons (Fsp3) is 1.00. The van der Waals surface area contributed by atoms with Gasteiger partial charge in [-0.1, -0.05) is 0 Å². The zero-order valence-corrected chi connectivity index (χ0v) is 9.75. The highest BCUT2D eigenvalue weighted by Gasteiger charge is 2.41. The summed E-state index contributed by atoms with van der Waals surface area (Å²) < 4.78 is 69.8. The van der Waals surface area contributed by atoms with Crippen LogP contribution in [-0.2, 0) is 0 Å². The highest BCUT2D eigenvalue weighted by Crippen LogP contribution is 2.19. The van der Waals surface area contributed by atoms with Gasteiger partial charge in [-0.25, -0.2) is 0 Å². The molecule has 0 atom stereocenters. The Morgan fingerprint density at radius 1 is 0.579 bits per heavy atom. The van der Waals surface area contributed by atoms with Crippen LogP contribution in [0.4, 0.5) is 26.3 Å². The molecule has 2 fully saturated rings. The van der Waals surface area contributed by atoms with E-state index in [-0.39, 0.29) is 5.48 Å². The maximum absolute atomic E-state index is 11.6. The summed E-state index contributed by atoms with van der Waals surface area (Å²) in [6.07, 6.45) is -11.3. The second-order valence-electron chi connectivity index (χ2n) is 3.77. The summed E-state index contributed by atoms with van der Waals surface area (Å²) in [5.41, 5.74) is 0. The van der Waals surface area contributed by atoms with Crippen LogP contribution >= 0.6 is 0 Å². The monoisotopic (exact) mass is 298 g/mol. The Labute approximate surface area is 105 Å². The molecule has 0 aliphatic carbocycles. The predicted octanol–water partition coefficient (Wildman–Crippen LogP) is -0.690. The molecule has 0 bridgehead atoms. The van der Waals surface area contributed by atoms with Crippen molar-refractivity contribution in [3.63, 3.8) is 0 Å². The quantitative estimate of drug-likeness (QED) is 0.446. The molecule has 0 radical (unpaired) electrons. The third kappa shape index (κ3) is 6.38. The van der Waals surface area contributed by atoms with Crippen LogP contribution in [0.1, 0.15) is 0 Å². The Morgan fingerprint density at radius 2 is 0.789 bits per heavy atom. The zero-order chi connectivity index (χ0) is 13.8. The first-order chi connectivity index (χ1) is 8.21. The summed E-state index contributed by atoms with van der Waals surface area (Å²) in [4.78, 5) is 0. The lowest BCUT2D eigenvalue weighted by Crippen LogP contribution is -2.44. The molecule has 0 aromatic heterocycles. The van der Waals surface area contributed by atoms with Gasteiger partial charge in [-0.05, 0) is 0 Å². The Morgan fingerprint density at radius 3 is 0.895 bits per heavy atom. The van der Waals surface area contributed by atoms with Crippen LogP contribution in [0.3, 0.4) is 0 Å². The highest BCUT2D eigenvalue weighted by atomic mass is 19.4. The van der Waals surface area contributed by atoms with Gasteiger partial charge in [-0.3, -0.25) is 21.3 Å². The number of alkyl halides is 6. The van der Waals surface area contributed by atoms with Gasteiger partial charge in [-0.2, -0.15) is 26.3 Å². The molecular weight excluding hydrogens is 282 g/mol. The minimum absolute atomic E-state index is 0. The SMILES string of the molecule is FC(F)(F)C1NCCN1.FC(F)(F)C1NCCN1.O. The summed E-state index contributed by atoms with van der Waals surface area (Å²) >= 11 is 0. The lowest BCUT2D eigenvalue weighted by molar-refractivity contribution is -0.157. The zero-order valence-electron chi connectivity index (χ0n) is 9.75. The van der Waals surface area contributed by atoms with Crippen molar-refractivity contribution >= 4 is 0 Å². The van der Waals surface area contributed by atoms with E-state index in [1.807, 2.05) is 0 Å². The van der Waals surface area contributed by atoms with Crippen LogP contribution in [0.2, 0.25) is 0 Å². The van der Waals surface area contributed by atoms with E-state index >= 15 is 0 Å². The van der Waals surface area contributed by atoms with E-state index in [1.54, 1.807) is 0 Å². The fourth-order valence-electron chi connectivity index (χ4n) is 1.47. The van der Waals surface area contributed by atoms with Crippen molar-refractivity contribution < 1.29 is 31.8 Å². The molecule has 11 heteroatoms. The van der Waals surface area contributed by atoms with Crippen molar-refractivity contribution in [1.82, 2.24) is 21.3 Å². The molecule has 0 unspecified atom stereocenters. The molecule has 0 saturated carbocycles. The van der Waals surface area contributed by atoms with Crippen LogP contribution in [0.25, 0.3) is 0 Å². The Bertz CT molecular complexity index is 221. The molecule has 2 aliphatic rings. The molecular formula is C8H16F6N4O. The molecule has 0 aromatic rings. The lowest BCUT2D eigenvalue weighted by atomic mass is 10.5. The van der Waals surface area contributed by atoms with E-state index in [9.17, 15) is 26.3 Å². The summed E-state index contributed by atoms with van der Waals surface area (Å²) in [6, 6.07) is 0. The van der Waals surface area contributed by atoms with Gasteiger partial charge in [0.15, 0.2) is 12.3 Å². The van der Waals surface area contributed by atoms with Crippen molar-refractivity contribution in [3.05, 3.63) is 0 Å². The van der Waals surface area contributed by atoms with Crippen molar-refractivity contribution in [3.8, 4) is 0 Å². The van der Waals surface area contributed by atoms with Gasteiger partial charge < -0.3 is 5.48 Å². The first-order valence-electron chi connectivity index (χ1n) is 5.28. The van der Waals surface area contributed by atoms with E-state index in [0.29, 0.717) is 26.2 Å². The van der Waals surface area contributed by atoms with Crippen molar-refractivity contribution in [2.24, 2.45) is 0 Å². The van der Waals surface area contributed by atoms with Crippen LogP contribution in [0.15, 0.2) is 0 Å². The standard InChI is InChI=1S/2C4H7F3N2.H2O/c2*5-4(6,7)3-8-1-2-9-3;/h2*3,8-9H,1-2H2;1H2. The van der Waals surface area contributed by atoms with Gasteiger partial charge in [0.05, 0.1) is 0 Å².